The predicted molar refractivity (Wildman–Crippen MR) is 64.1 cm³/mol. The van der Waals surface area contributed by atoms with Gasteiger partial charge < -0.3 is 16.2 Å². The minimum atomic E-state index is -0.365. The summed E-state index contributed by atoms with van der Waals surface area (Å²) in [5.74, 6) is 0. The number of aliphatic hydroxyl groups excluding tert-OH is 1. The first-order valence-electron chi connectivity index (χ1n) is 5.32. The van der Waals surface area contributed by atoms with Gasteiger partial charge >= 0.3 is 0 Å². The number of rotatable bonds is 5. The van der Waals surface area contributed by atoms with E-state index in [4.69, 9.17) is 5.73 Å². The van der Waals surface area contributed by atoms with E-state index in [1.54, 1.807) is 0 Å². The van der Waals surface area contributed by atoms with E-state index in [1.807, 2.05) is 0 Å². The number of anilines is 1. The molecule has 3 nitrogen and oxygen atoms in total. The predicted octanol–water partition coefficient (Wildman–Crippen LogP) is 1.43. The molecular formula is C12H20N2O. The van der Waals surface area contributed by atoms with Crippen molar-refractivity contribution >= 4 is 5.69 Å². The highest BCUT2D eigenvalue weighted by atomic mass is 16.3. The fourth-order valence-corrected chi connectivity index (χ4v) is 1.61. The summed E-state index contributed by atoms with van der Waals surface area (Å²) in [4.78, 5) is 0. The van der Waals surface area contributed by atoms with E-state index < -0.39 is 0 Å². The number of aliphatic hydroxyl groups is 1. The zero-order valence-electron chi connectivity index (χ0n) is 9.46. The molecule has 0 aromatic heterocycles. The van der Waals surface area contributed by atoms with E-state index in [2.05, 4.69) is 37.4 Å². The molecule has 0 saturated carbocycles. The number of benzene rings is 1. The second-order valence-electron chi connectivity index (χ2n) is 3.99. The highest BCUT2D eigenvalue weighted by molar-refractivity contribution is 5.48. The van der Waals surface area contributed by atoms with Crippen molar-refractivity contribution in [2.45, 2.75) is 26.4 Å². The van der Waals surface area contributed by atoms with Gasteiger partial charge in [0.15, 0.2) is 0 Å². The van der Waals surface area contributed by atoms with Crippen molar-refractivity contribution in [1.29, 1.82) is 0 Å². The first-order valence-corrected chi connectivity index (χ1v) is 5.32. The molecule has 1 aromatic carbocycles. The Hall–Kier alpha value is -1.06. The van der Waals surface area contributed by atoms with Gasteiger partial charge in [-0.1, -0.05) is 6.07 Å². The lowest BCUT2D eigenvalue weighted by Gasteiger charge is -2.12. The number of nitrogens with one attached hydrogen (secondary N) is 1. The van der Waals surface area contributed by atoms with Crippen LogP contribution in [-0.2, 0) is 0 Å². The smallest absolute Gasteiger partial charge is 0.0724 e. The summed E-state index contributed by atoms with van der Waals surface area (Å²) in [6, 6.07) is 6.27. The van der Waals surface area contributed by atoms with Gasteiger partial charge in [0, 0.05) is 12.2 Å². The third-order valence-electron chi connectivity index (χ3n) is 2.26. The molecule has 0 aliphatic rings. The van der Waals surface area contributed by atoms with Crippen LogP contribution < -0.4 is 11.1 Å². The van der Waals surface area contributed by atoms with Crippen molar-refractivity contribution in [3.63, 3.8) is 0 Å². The number of hydrogen-bond acceptors (Lipinski definition) is 3. The molecular weight excluding hydrogens is 188 g/mol. The van der Waals surface area contributed by atoms with Crippen LogP contribution in [0.5, 0.6) is 0 Å². The lowest BCUT2D eigenvalue weighted by molar-refractivity contribution is 0.180. The van der Waals surface area contributed by atoms with Gasteiger partial charge in [-0.3, -0.25) is 0 Å². The van der Waals surface area contributed by atoms with Gasteiger partial charge in [-0.15, -0.1) is 0 Å². The second-order valence-corrected chi connectivity index (χ2v) is 3.99. The molecule has 0 saturated heterocycles. The standard InChI is InChI=1S/C12H20N2O/c1-9-5-10(2)7-11(6-9)14-8-12(15)3-4-13/h5-7,12,14-15H,3-4,8,13H2,1-2H3. The normalized spacial score (nSPS) is 12.5. The molecule has 0 amide bonds. The third-order valence-corrected chi connectivity index (χ3v) is 2.26. The Balaban J connectivity index is 2.50. The molecule has 0 radical (unpaired) electrons. The molecule has 0 heterocycles. The van der Waals surface area contributed by atoms with Crippen molar-refractivity contribution in [1.82, 2.24) is 0 Å². The molecule has 0 fully saturated rings. The molecule has 1 aromatic rings. The maximum Gasteiger partial charge on any atom is 0.0724 e. The molecule has 84 valence electrons. The topological polar surface area (TPSA) is 58.3 Å². The molecule has 3 heteroatoms. The van der Waals surface area contributed by atoms with Crippen LogP contribution in [-0.4, -0.2) is 24.3 Å². The summed E-state index contributed by atoms with van der Waals surface area (Å²) >= 11 is 0. The Morgan fingerprint density at radius 2 is 1.87 bits per heavy atom. The summed E-state index contributed by atoms with van der Waals surface area (Å²) in [6.07, 6.45) is 0.272. The van der Waals surface area contributed by atoms with Gasteiger partial charge in [0.05, 0.1) is 6.10 Å². The Morgan fingerprint density at radius 1 is 1.27 bits per heavy atom. The van der Waals surface area contributed by atoms with Crippen molar-refractivity contribution in [3.05, 3.63) is 29.3 Å². The van der Waals surface area contributed by atoms with Crippen molar-refractivity contribution < 1.29 is 5.11 Å². The number of aryl methyl sites for hydroxylation is 2. The average molecular weight is 208 g/mol. The molecule has 15 heavy (non-hydrogen) atoms. The van der Waals surface area contributed by atoms with Gasteiger partial charge in [-0.05, 0) is 50.1 Å². The van der Waals surface area contributed by atoms with Crippen LogP contribution in [0.3, 0.4) is 0 Å². The van der Waals surface area contributed by atoms with E-state index in [9.17, 15) is 5.11 Å². The maximum atomic E-state index is 9.51. The van der Waals surface area contributed by atoms with Gasteiger partial charge in [0.2, 0.25) is 0 Å². The second kappa shape index (κ2) is 5.73. The molecule has 1 atom stereocenters. The van der Waals surface area contributed by atoms with Crippen LogP contribution in [0.15, 0.2) is 18.2 Å². The monoisotopic (exact) mass is 208 g/mol. The SMILES string of the molecule is Cc1cc(C)cc(NCC(O)CCN)c1. The fourth-order valence-electron chi connectivity index (χ4n) is 1.61. The molecule has 0 bridgehead atoms. The third kappa shape index (κ3) is 4.32. The minimum Gasteiger partial charge on any atom is -0.391 e. The first-order chi connectivity index (χ1) is 7.11. The first kappa shape index (κ1) is 12.0. The van der Waals surface area contributed by atoms with E-state index >= 15 is 0 Å². The van der Waals surface area contributed by atoms with Crippen LogP contribution in [0.1, 0.15) is 17.5 Å². The van der Waals surface area contributed by atoms with Gasteiger partial charge in [0.1, 0.15) is 0 Å². The maximum absolute atomic E-state index is 9.51. The Labute approximate surface area is 91.3 Å². The lowest BCUT2D eigenvalue weighted by Crippen LogP contribution is -2.22. The molecule has 4 N–H and O–H groups in total. The van der Waals surface area contributed by atoms with Gasteiger partial charge in [-0.2, -0.15) is 0 Å². The van der Waals surface area contributed by atoms with Gasteiger partial charge in [0.25, 0.3) is 0 Å². The summed E-state index contributed by atoms with van der Waals surface area (Å²) in [5.41, 5.74) is 8.87. The molecule has 0 aliphatic carbocycles. The highest BCUT2D eigenvalue weighted by Crippen LogP contribution is 2.13. The summed E-state index contributed by atoms with van der Waals surface area (Å²) in [6.45, 7) is 5.21. The molecule has 0 spiro atoms. The fraction of sp³-hybridized carbons (Fsp3) is 0.500. The summed E-state index contributed by atoms with van der Waals surface area (Å²) < 4.78 is 0. The van der Waals surface area contributed by atoms with Crippen molar-refractivity contribution in [3.8, 4) is 0 Å². The van der Waals surface area contributed by atoms with Crippen LogP contribution in [0, 0.1) is 13.8 Å². The molecule has 1 rings (SSSR count). The van der Waals surface area contributed by atoms with Crippen LogP contribution >= 0.6 is 0 Å². The number of nitrogens with two attached hydrogens (primary N) is 1. The average Bonchev–Trinajstić information content (AvgIpc) is 2.14. The Bertz CT molecular complexity index is 292. The summed E-state index contributed by atoms with van der Waals surface area (Å²) in [5, 5.41) is 12.7. The van der Waals surface area contributed by atoms with E-state index in [0.717, 1.165) is 5.69 Å². The summed E-state index contributed by atoms with van der Waals surface area (Å²) in [7, 11) is 0. The number of hydrogen-bond donors (Lipinski definition) is 3. The minimum absolute atomic E-state index is 0.365. The molecule has 1 unspecified atom stereocenters. The Kier molecular flexibility index (Phi) is 4.59. The van der Waals surface area contributed by atoms with Crippen LogP contribution in [0.25, 0.3) is 0 Å². The van der Waals surface area contributed by atoms with Crippen molar-refractivity contribution in [2.24, 2.45) is 5.73 Å². The quantitative estimate of drug-likeness (QED) is 0.686. The van der Waals surface area contributed by atoms with E-state index in [-0.39, 0.29) is 6.10 Å². The van der Waals surface area contributed by atoms with Crippen molar-refractivity contribution in [2.75, 3.05) is 18.4 Å². The zero-order chi connectivity index (χ0) is 11.3. The zero-order valence-corrected chi connectivity index (χ0v) is 9.46. The van der Waals surface area contributed by atoms with Gasteiger partial charge in [-0.25, -0.2) is 0 Å². The van der Waals surface area contributed by atoms with Crippen LogP contribution in [0.2, 0.25) is 0 Å². The highest BCUT2D eigenvalue weighted by Gasteiger charge is 2.02. The van der Waals surface area contributed by atoms with Crippen LogP contribution in [0.4, 0.5) is 5.69 Å². The lowest BCUT2D eigenvalue weighted by atomic mass is 10.1. The van der Waals surface area contributed by atoms with E-state index in [1.165, 1.54) is 11.1 Å². The Morgan fingerprint density at radius 3 is 2.40 bits per heavy atom. The largest absolute Gasteiger partial charge is 0.391 e. The molecule has 0 aliphatic heterocycles. The van der Waals surface area contributed by atoms with E-state index in [0.29, 0.717) is 19.5 Å².